The Morgan fingerprint density at radius 3 is 2.61 bits per heavy atom. The van der Waals surface area contributed by atoms with Gasteiger partial charge in [0.25, 0.3) is 5.69 Å². The summed E-state index contributed by atoms with van der Waals surface area (Å²) >= 11 is 0. The Morgan fingerprint density at radius 1 is 1.22 bits per heavy atom. The molecule has 0 N–H and O–H groups in total. The Balaban J connectivity index is 0.00000192. The highest BCUT2D eigenvalue weighted by Gasteiger charge is 2.07. The lowest BCUT2D eigenvalue weighted by molar-refractivity contribution is -0.384. The molecule has 0 fully saturated rings. The smallest absolute Gasteiger partial charge is 0.269 e. The van der Waals surface area contributed by atoms with Crippen LogP contribution in [0.4, 0.5) is 5.69 Å². The average molecular weight is 334 g/mol. The number of aromatic nitrogens is 4. The van der Waals surface area contributed by atoms with Crippen LogP contribution in [0.1, 0.15) is 18.4 Å². The summed E-state index contributed by atoms with van der Waals surface area (Å²) in [5.41, 5.74) is 1.83. The highest BCUT2D eigenvalue weighted by Crippen LogP contribution is 2.16. The molecule has 0 amide bonds. The lowest BCUT2D eigenvalue weighted by Crippen LogP contribution is -2.03. The summed E-state index contributed by atoms with van der Waals surface area (Å²) in [5.74, 6) is 1.02. The first kappa shape index (κ1) is 16.7. The van der Waals surface area contributed by atoms with Gasteiger partial charge in [0, 0.05) is 42.8 Å². The van der Waals surface area contributed by atoms with Gasteiger partial charge in [-0.1, -0.05) is 6.92 Å². The molecule has 23 heavy (non-hydrogen) atoms. The van der Waals surface area contributed by atoms with Gasteiger partial charge in [-0.2, -0.15) is 0 Å². The van der Waals surface area contributed by atoms with E-state index in [9.17, 15) is 10.1 Å². The standard InChI is InChI=1S/C15H15N5O2.ClH/c1-2-15-16-7-8-18(15)9-12-10-19(11-17-12)13-3-5-14(6-4-13)20(21)22;/h3-8,10-11H,2,9H2,1H3;1H. The lowest BCUT2D eigenvalue weighted by atomic mass is 10.3. The van der Waals surface area contributed by atoms with E-state index in [1.807, 2.05) is 17.0 Å². The number of rotatable bonds is 5. The largest absolute Gasteiger partial charge is 0.329 e. The van der Waals surface area contributed by atoms with Crippen LogP contribution in [-0.4, -0.2) is 24.0 Å². The minimum Gasteiger partial charge on any atom is -0.329 e. The number of hydrogen-bond donors (Lipinski definition) is 0. The zero-order valence-electron chi connectivity index (χ0n) is 12.5. The maximum atomic E-state index is 10.7. The van der Waals surface area contributed by atoms with Crippen molar-refractivity contribution in [3.8, 4) is 5.69 Å². The van der Waals surface area contributed by atoms with Gasteiger partial charge in [0.1, 0.15) is 5.82 Å². The zero-order valence-corrected chi connectivity index (χ0v) is 13.3. The molecule has 3 aromatic rings. The van der Waals surface area contributed by atoms with Crippen LogP contribution >= 0.6 is 12.4 Å². The Hall–Kier alpha value is -2.67. The number of non-ortho nitro benzene ring substituents is 1. The molecule has 7 nitrogen and oxygen atoms in total. The van der Waals surface area contributed by atoms with Gasteiger partial charge in [-0.3, -0.25) is 10.1 Å². The van der Waals surface area contributed by atoms with E-state index in [2.05, 4.69) is 21.5 Å². The summed E-state index contributed by atoms with van der Waals surface area (Å²) in [5, 5.41) is 10.7. The van der Waals surface area contributed by atoms with E-state index in [1.54, 1.807) is 24.7 Å². The minimum atomic E-state index is -0.408. The van der Waals surface area contributed by atoms with E-state index in [1.165, 1.54) is 12.1 Å². The SMILES string of the molecule is CCc1nccn1Cc1cn(-c2ccc([N+](=O)[O-])cc2)cn1.Cl. The van der Waals surface area contributed by atoms with E-state index in [4.69, 9.17) is 0 Å². The topological polar surface area (TPSA) is 78.8 Å². The normalized spacial score (nSPS) is 10.3. The van der Waals surface area contributed by atoms with Crippen LogP contribution in [0.3, 0.4) is 0 Å². The molecular weight excluding hydrogens is 318 g/mol. The number of hydrogen-bond acceptors (Lipinski definition) is 4. The summed E-state index contributed by atoms with van der Waals surface area (Å²) in [4.78, 5) is 18.9. The Bertz CT molecular complexity index is 794. The molecule has 0 saturated carbocycles. The van der Waals surface area contributed by atoms with Crippen LogP contribution in [-0.2, 0) is 13.0 Å². The van der Waals surface area contributed by atoms with E-state index in [0.29, 0.717) is 6.54 Å². The second-order valence-electron chi connectivity index (χ2n) is 4.87. The van der Waals surface area contributed by atoms with Gasteiger partial charge in [-0.05, 0) is 12.1 Å². The molecule has 3 rings (SSSR count). The first-order valence-electron chi connectivity index (χ1n) is 6.95. The van der Waals surface area contributed by atoms with Crippen LogP contribution in [0, 0.1) is 10.1 Å². The summed E-state index contributed by atoms with van der Waals surface area (Å²) in [6.07, 6.45) is 8.21. The monoisotopic (exact) mass is 333 g/mol. The minimum absolute atomic E-state index is 0. The number of nitro benzene ring substituents is 1. The summed E-state index contributed by atoms with van der Waals surface area (Å²) in [6, 6.07) is 6.39. The maximum Gasteiger partial charge on any atom is 0.269 e. The van der Waals surface area contributed by atoms with Crippen LogP contribution in [0.15, 0.2) is 49.2 Å². The van der Waals surface area contributed by atoms with E-state index >= 15 is 0 Å². The molecule has 0 aliphatic carbocycles. The predicted molar refractivity (Wildman–Crippen MR) is 88.2 cm³/mol. The highest BCUT2D eigenvalue weighted by atomic mass is 35.5. The van der Waals surface area contributed by atoms with Gasteiger partial charge in [-0.15, -0.1) is 12.4 Å². The quantitative estimate of drug-likeness (QED) is 0.531. The summed E-state index contributed by atoms with van der Waals surface area (Å²) in [7, 11) is 0. The third kappa shape index (κ3) is 3.57. The Kier molecular flexibility index (Phi) is 5.13. The van der Waals surface area contributed by atoms with Crippen LogP contribution in [0.2, 0.25) is 0 Å². The first-order chi connectivity index (χ1) is 10.7. The third-order valence-electron chi connectivity index (χ3n) is 3.45. The molecular formula is C15H16ClN5O2. The molecule has 0 saturated heterocycles. The van der Waals surface area contributed by atoms with Crippen molar-refractivity contribution < 1.29 is 4.92 Å². The van der Waals surface area contributed by atoms with Crippen LogP contribution in [0.25, 0.3) is 5.69 Å². The molecule has 0 bridgehead atoms. The second-order valence-corrected chi connectivity index (χ2v) is 4.87. The number of imidazole rings is 2. The van der Waals surface area contributed by atoms with Gasteiger partial charge >= 0.3 is 0 Å². The lowest BCUT2D eigenvalue weighted by Gasteiger charge is -2.03. The third-order valence-corrected chi connectivity index (χ3v) is 3.45. The van der Waals surface area contributed by atoms with Crippen molar-refractivity contribution in [2.24, 2.45) is 0 Å². The molecule has 0 atom stereocenters. The number of nitrogens with zero attached hydrogens (tertiary/aromatic N) is 5. The average Bonchev–Trinajstić information content (AvgIpc) is 3.17. The predicted octanol–water partition coefficient (Wildman–Crippen LogP) is 3.01. The van der Waals surface area contributed by atoms with Crippen LogP contribution < -0.4 is 0 Å². The van der Waals surface area contributed by atoms with Gasteiger partial charge in [0.15, 0.2) is 0 Å². The van der Waals surface area contributed by atoms with Gasteiger partial charge < -0.3 is 9.13 Å². The highest BCUT2D eigenvalue weighted by molar-refractivity contribution is 5.85. The number of benzene rings is 1. The molecule has 8 heteroatoms. The maximum absolute atomic E-state index is 10.7. The fraction of sp³-hybridized carbons (Fsp3) is 0.200. The van der Waals surface area contributed by atoms with Crippen molar-refractivity contribution in [1.29, 1.82) is 0 Å². The van der Waals surface area contributed by atoms with Crippen molar-refractivity contribution in [2.75, 3.05) is 0 Å². The molecule has 2 aromatic heterocycles. The number of nitro groups is 1. The molecule has 0 aliphatic rings. The fourth-order valence-corrected chi connectivity index (χ4v) is 2.31. The zero-order chi connectivity index (χ0) is 15.5. The molecule has 0 radical (unpaired) electrons. The molecule has 0 spiro atoms. The molecule has 0 aliphatic heterocycles. The molecule has 1 aromatic carbocycles. The number of halogens is 1. The Morgan fingerprint density at radius 2 is 1.96 bits per heavy atom. The van der Waals surface area contributed by atoms with Gasteiger partial charge in [0.05, 0.1) is 23.5 Å². The fourth-order valence-electron chi connectivity index (χ4n) is 2.31. The van der Waals surface area contributed by atoms with Crippen molar-refractivity contribution in [2.45, 2.75) is 19.9 Å². The van der Waals surface area contributed by atoms with E-state index in [0.717, 1.165) is 23.6 Å². The molecule has 2 heterocycles. The van der Waals surface area contributed by atoms with Crippen molar-refractivity contribution >= 4 is 18.1 Å². The summed E-state index contributed by atoms with van der Waals surface area (Å²) < 4.78 is 3.91. The van der Waals surface area contributed by atoms with Crippen molar-refractivity contribution in [3.05, 3.63) is 70.8 Å². The second kappa shape index (κ2) is 7.06. The van der Waals surface area contributed by atoms with Gasteiger partial charge in [0.2, 0.25) is 0 Å². The Labute approximate surface area is 139 Å². The summed E-state index contributed by atoms with van der Waals surface area (Å²) in [6.45, 7) is 2.72. The van der Waals surface area contributed by atoms with Gasteiger partial charge in [-0.25, -0.2) is 9.97 Å². The molecule has 0 unspecified atom stereocenters. The van der Waals surface area contributed by atoms with Crippen LogP contribution in [0.5, 0.6) is 0 Å². The number of aryl methyl sites for hydroxylation is 1. The van der Waals surface area contributed by atoms with Crippen molar-refractivity contribution in [3.63, 3.8) is 0 Å². The van der Waals surface area contributed by atoms with Crippen molar-refractivity contribution in [1.82, 2.24) is 19.1 Å². The van der Waals surface area contributed by atoms with E-state index in [-0.39, 0.29) is 18.1 Å². The first-order valence-corrected chi connectivity index (χ1v) is 6.95. The van der Waals surface area contributed by atoms with E-state index < -0.39 is 4.92 Å². The molecule has 120 valence electrons.